The van der Waals surface area contributed by atoms with Gasteiger partial charge in [-0.1, -0.05) is 36.4 Å². The number of carbonyl (C=O) groups excluding carboxylic acids is 2. The summed E-state index contributed by atoms with van der Waals surface area (Å²) in [5.74, 6) is -0.773. The zero-order chi connectivity index (χ0) is 25.1. The third-order valence-corrected chi connectivity index (χ3v) is 8.94. The van der Waals surface area contributed by atoms with Crippen molar-refractivity contribution in [3.8, 4) is 0 Å². The molecule has 2 aliphatic carbocycles. The Kier molecular flexibility index (Phi) is 5.61. The molecule has 3 aliphatic rings. The van der Waals surface area contributed by atoms with Crippen LogP contribution in [-0.4, -0.2) is 46.1 Å². The molecule has 0 unspecified atom stereocenters. The lowest BCUT2D eigenvalue weighted by Crippen LogP contribution is -2.74. The van der Waals surface area contributed by atoms with Crippen molar-refractivity contribution in [3.05, 3.63) is 71.8 Å². The van der Waals surface area contributed by atoms with E-state index in [2.05, 4.69) is 0 Å². The molecule has 5 rings (SSSR count). The largest absolute Gasteiger partial charge is 0.458 e. The molecular formula is C29H34O6. The highest BCUT2D eigenvalue weighted by molar-refractivity contribution is 5.90. The van der Waals surface area contributed by atoms with Crippen LogP contribution >= 0.6 is 0 Å². The Morgan fingerprint density at radius 3 is 1.91 bits per heavy atom. The zero-order valence-electron chi connectivity index (χ0n) is 20.8. The highest BCUT2D eigenvalue weighted by Gasteiger charge is 2.77. The van der Waals surface area contributed by atoms with Crippen LogP contribution in [0.25, 0.3) is 0 Å². The lowest BCUT2D eigenvalue weighted by Gasteiger charge is -2.62. The average Bonchev–Trinajstić information content (AvgIpc) is 3.09. The van der Waals surface area contributed by atoms with E-state index in [1.807, 2.05) is 32.9 Å². The van der Waals surface area contributed by atoms with Gasteiger partial charge in [-0.3, -0.25) is 0 Å². The smallest absolute Gasteiger partial charge is 0.338 e. The quantitative estimate of drug-likeness (QED) is 0.627. The van der Waals surface area contributed by atoms with Crippen molar-refractivity contribution in [2.24, 2.45) is 11.3 Å². The number of hydrogen-bond acceptors (Lipinski definition) is 6. The van der Waals surface area contributed by atoms with Crippen molar-refractivity contribution in [2.75, 3.05) is 0 Å². The molecule has 2 aromatic carbocycles. The van der Waals surface area contributed by atoms with Gasteiger partial charge >= 0.3 is 11.9 Å². The summed E-state index contributed by atoms with van der Waals surface area (Å²) >= 11 is 0. The summed E-state index contributed by atoms with van der Waals surface area (Å²) in [4.78, 5) is 26.3. The molecule has 2 aromatic rings. The van der Waals surface area contributed by atoms with Crippen molar-refractivity contribution in [1.29, 1.82) is 0 Å². The first-order valence-electron chi connectivity index (χ1n) is 12.4. The molecule has 3 fully saturated rings. The highest BCUT2D eigenvalue weighted by Crippen LogP contribution is 2.67. The molecule has 6 heteroatoms. The second kappa shape index (κ2) is 8.17. The Labute approximate surface area is 206 Å². The molecule has 6 nitrogen and oxygen atoms in total. The number of carbonyl (C=O) groups is 2. The Morgan fingerprint density at radius 1 is 0.857 bits per heavy atom. The lowest BCUT2D eigenvalue weighted by atomic mass is 9.49. The summed E-state index contributed by atoms with van der Waals surface area (Å²) < 4.78 is 19.1. The molecule has 1 heterocycles. The summed E-state index contributed by atoms with van der Waals surface area (Å²) in [7, 11) is 0. The monoisotopic (exact) mass is 478 g/mol. The van der Waals surface area contributed by atoms with E-state index < -0.39 is 46.4 Å². The molecule has 186 valence electrons. The maximum atomic E-state index is 13.2. The van der Waals surface area contributed by atoms with Crippen molar-refractivity contribution in [2.45, 2.75) is 82.4 Å². The van der Waals surface area contributed by atoms with E-state index >= 15 is 0 Å². The van der Waals surface area contributed by atoms with Gasteiger partial charge < -0.3 is 19.3 Å². The lowest BCUT2D eigenvalue weighted by molar-refractivity contribution is -0.302. The SMILES string of the molecule is CC1(C)O[C@@]23C[C@H]1C[C@H](OC(=O)c1ccccc1)[C@@]2(C)[C@@H](OC(=O)c1ccccc1)CC[C@@]3(C)O. The minimum atomic E-state index is -1.18. The van der Waals surface area contributed by atoms with Crippen molar-refractivity contribution in [3.63, 3.8) is 0 Å². The average molecular weight is 479 g/mol. The summed E-state index contributed by atoms with van der Waals surface area (Å²) in [6.07, 6.45) is 0.839. The van der Waals surface area contributed by atoms with Crippen molar-refractivity contribution < 1.29 is 28.9 Å². The summed E-state index contributed by atoms with van der Waals surface area (Å²) in [5.41, 5.74) is -2.77. The number of benzene rings is 2. The Morgan fingerprint density at radius 2 is 1.37 bits per heavy atom. The molecule has 35 heavy (non-hydrogen) atoms. The molecule has 0 radical (unpaired) electrons. The van der Waals surface area contributed by atoms with Gasteiger partial charge in [0.15, 0.2) is 0 Å². The molecule has 6 atom stereocenters. The van der Waals surface area contributed by atoms with Crippen LogP contribution in [0, 0.1) is 11.3 Å². The van der Waals surface area contributed by atoms with Gasteiger partial charge in [-0.2, -0.15) is 0 Å². The molecule has 1 saturated heterocycles. The summed E-state index contributed by atoms with van der Waals surface area (Å²) in [5, 5.41) is 11.8. The van der Waals surface area contributed by atoms with Crippen LogP contribution in [0.1, 0.15) is 74.1 Å². The van der Waals surface area contributed by atoms with Crippen molar-refractivity contribution >= 4 is 11.9 Å². The maximum absolute atomic E-state index is 13.2. The normalized spacial score (nSPS) is 37.2. The number of rotatable bonds is 4. The number of ether oxygens (including phenoxy) is 3. The molecule has 2 saturated carbocycles. The first kappa shape index (κ1) is 24.0. The molecule has 1 spiro atoms. The molecule has 1 aliphatic heterocycles. The van der Waals surface area contributed by atoms with Crippen LogP contribution in [0.3, 0.4) is 0 Å². The molecule has 0 aromatic heterocycles. The topological polar surface area (TPSA) is 82.1 Å². The van der Waals surface area contributed by atoms with Gasteiger partial charge in [0.25, 0.3) is 0 Å². The number of fused-ring (bicyclic) bond motifs is 1. The van der Waals surface area contributed by atoms with Gasteiger partial charge in [0.1, 0.15) is 17.8 Å². The molecule has 1 N–H and O–H groups in total. The fourth-order valence-corrected chi connectivity index (χ4v) is 6.81. The predicted molar refractivity (Wildman–Crippen MR) is 130 cm³/mol. The number of esters is 2. The molecular weight excluding hydrogens is 444 g/mol. The van der Waals surface area contributed by atoms with Gasteiger partial charge in [0.2, 0.25) is 0 Å². The molecule has 2 bridgehead atoms. The van der Waals surface area contributed by atoms with Crippen molar-refractivity contribution in [1.82, 2.24) is 0 Å². The van der Waals surface area contributed by atoms with E-state index in [9.17, 15) is 14.7 Å². The van der Waals surface area contributed by atoms with Crippen LogP contribution < -0.4 is 0 Å². The maximum Gasteiger partial charge on any atom is 0.338 e. The predicted octanol–water partition coefficient (Wildman–Crippen LogP) is 4.95. The van der Waals surface area contributed by atoms with Crippen LogP contribution in [0.4, 0.5) is 0 Å². The Balaban J connectivity index is 1.56. The summed E-state index contributed by atoms with van der Waals surface area (Å²) in [6, 6.07) is 17.8. The van der Waals surface area contributed by atoms with Gasteiger partial charge in [-0.25, -0.2) is 9.59 Å². The van der Waals surface area contributed by atoms with Gasteiger partial charge in [0.05, 0.1) is 27.7 Å². The number of aliphatic hydroxyl groups is 1. The van der Waals surface area contributed by atoms with Crippen LogP contribution in [0.15, 0.2) is 60.7 Å². The van der Waals surface area contributed by atoms with Crippen LogP contribution in [0.2, 0.25) is 0 Å². The highest BCUT2D eigenvalue weighted by atomic mass is 16.6. The van der Waals surface area contributed by atoms with E-state index in [1.165, 1.54) is 0 Å². The second-order valence-electron chi connectivity index (χ2n) is 11.3. The van der Waals surface area contributed by atoms with E-state index in [4.69, 9.17) is 14.2 Å². The third kappa shape index (κ3) is 3.61. The second-order valence-corrected chi connectivity index (χ2v) is 11.3. The van der Waals surface area contributed by atoms with E-state index in [1.54, 1.807) is 55.5 Å². The Bertz CT molecular complexity index is 1110. The van der Waals surface area contributed by atoms with Crippen LogP contribution in [0.5, 0.6) is 0 Å². The van der Waals surface area contributed by atoms with Gasteiger partial charge in [0, 0.05) is 0 Å². The van der Waals surface area contributed by atoms with Crippen LogP contribution in [-0.2, 0) is 14.2 Å². The fraction of sp³-hybridized carbons (Fsp3) is 0.517. The standard InChI is InChI=1S/C29H34O6/c1-26(2)21-17-23(34-25(31)20-13-9-6-10-14-20)28(4)22(33-24(30)19-11-7-5-8-12-19)15-16-27(3,32)29(28,18-21)35-26/h5-14,21-23,32H,15-18H2,1-4H3/t21-,22+,23+,27-,28-,29-/m1/s1. The van der Waals surface area contributed by atoms with Gasteiger partial charge in [-0.15, -0.1) is 0 Å². The zero-order valence-corrected chi connectivity index (χ0v) is 20.8. The third-order valence-electron chi connectivity index (χ3n) is 8.94. The first-order chi connectivity index (χ1) is 16.5. The van der Waals surface area contributed by atoms with Gasteiger partial charge in [-0.05, 0) is 83.6 Å². The minimum absolute atomic E-state index is 0.0826. The molecule has 0 amide bonds. The van der Waals surface area contributed by atoms with E-state index in [-0.39, 0.29) is 5.92 Å². The Hall–Kier alpha value is -2.70. The fourth-order valence-electron chi connectivity index (χ4n) is 6.81. The van der Waals surface area contributed by atoms with E-state index in [0.29, 0.717) is 36.8 Å². The first-order valence-corrected chi connectivity index (χ1v) is 12.4. The van der Waals surface area contributed by atoms with E-state index in [0.717, 1.165) is 0 Å². The minimum Gasteiger partial charge on any atom is -0.458 e. The summed E-state index contributed by atoms with van der Waals surface area (Å²) in [6.45, 7) is 7.83. The number of hydrogen-bond donors (Lipinski definition) is 1.